The molecular weight excluding hydrogens is 393 g/mol. The van der Waals surface area contributed by atoms with Crippen LogP contribution >= 0.6 is 0 Å². The van der Waals surface area contributed by atoms with Crippen LogP contribution in [0.5, 0.6) is 0 Å². The lowest BCUT2D eigenvalue weighted by molar-refractivity contribution is -0.134. The minimum absolute atomic E-state index is 0.198. The summed E-state index contributed by atoms with van der Waals surface area (Å²) in [7, 11) is 0. The van der Waals surface area contributed by atoms with Gasteiger partial charge in [0.15, 0.2) is 5.70 Å². The fraction of sp³-hybridized carbons (Fsp3) is 0.316. The Bertz CT molecular complexity index is 1090. The number of hydrogen-bond donors (Lipinski definition) is 2. The molecule has 1 atom stereocenters. The molecule has 0 amide bonds. The second-order valence-corrected chi connectivity index (χ2v) is 6.51. The first-order valence-electron chi connectivity index (χ1n) is 8.47. The van der Waals surface area contributed by atoms with Gasteiger partial charge < -0.3 is 5.32 Å². The third-order valence-electron chi connectivity index (χ3n) is 4.67. The van der Waals surface area contributed by atoms with Gasteiger partial charge in [0.2, 0.25) is 0 Å². The lowest BCUT2D eigenvalue weighted by Crippen LogP contribution is -2.30. The number of nitriles is 1. The largest absolute Gasteiger partial charge is 0.389 e. The summed E-state index contributed by atoms with van der Waals surface area (Å²) in [6.45, 7) is 9.21. The van der Waals surface area contributed by atoms with Crippen LogP contribution in [0, 0.1) is 24.8 Å². The van der Waals surface area contributed by atoms with Gasteiger partial charge in [-0.3, -0.25) is 5.10 Å². The maximum atomic E-state index is 13.6. The van der Waals surface area contributed by atoms with Crippen LogP contribution in [0.25, 0.3) is 15.7 Å². The van der Waals surface area contributed by atoms with Crippen LogP contribution in [0.3, 0.4) is 0 Å². The summed E-state index contributed by atoms with van der Waals surface area (Å²) in [4.78, 5) is 3.32. The van der Waals surface area contributed by atoms with Gasteiger partial charge in [0.1, 0.15) is 0 Å². The van der Waals surface area contributed by atoms with Gasteiger partial charge in [0, 0.05) is 23.2 Å². The van der Waals surface area contributed by atoms with E-state index in [0.29, 0.717) is 22.2 Å². The lowest BCUT2D eigenvalue weighted by atomic mass is 9.83. The molecular formula is C19H14F5N5. The van der Waals surface area contributed by atoms with Crippen LogP contribution in [0.1, 0.15) is 30.0 Å². The van der Waals surface area contributed by atoms with Crippen molar-refractivity contribution in [2.45, 2.75) is 38.3 Å². The summed E-state index contributed by atoms with van der Waals surface area (Å²) in [6, 6.07) is 6.45. The number of nitrogens with zero attached hydrogens (tertiary/aromatic N) is 3. The van der Waals surface area contributed by atoms with Crippen molar-refractivity contribution in [1.82, 2.24) is 15.5 Å². The molecule has 0 saturated carbocycles. The molecule has 0 spiro atoms. The van der Waals surface area contributed by atoms with Crippen LogP contribution in [-0.2, 0) is 0 Å². The number of dihydropyridines is 1. The number of benzene rings is 1. The number of rotatable bonds is 4. The SMILES string of the molecule is [C-]#[N+]C1=C(CCC(F)(F)F)NC(C(F)F)=C(C#N)C1c1ccc2n[nH]c(C)c2c1. The normalized spacial score (nSPS) is 17.5. The van der Waals surface area contributed by atoms with Crippen molar-refractivity contribution in [3.05, 3.63) is 63.5 Å². The molecule has 1 aliphatic rings. The smallest absolute Gasteiger partial charge is 0.367 e. The number of nitrogens with one attached hydrogen (secondary N) is 2. The Labute approximate surface area is 162 Å². The van der Waals surface area contributed by atoms with E-state index in [1.54, 1.807) is 25.1 Å². The molecule has 1 aliphatic heterocycles. The molecule has 0 saturated heterocycles. The fourth-order valence-corrected chi connectivity index (χ4v) is 3.31. The first kappa shape index (κ1) is 20.3. The van der Waals surface area contributed by atoms with Crippen LogP contribution in [0.4, 0.5) is 22.0 Å². The Morgan fingerprint density at radius 2 is 2.07 bits per heavy atom. The van der Waals surface area contributed by atoms with Crippen LogP contribution in [0.2, 0.25) is 0 Å². The first-order chi connectivity index (χ1) is 13.7. The maximum Gasteiger partial charge on any atom is 0.389 e. The fourth-order valence-electron chi connectivity index (χ4n) is 3.31. The first-order valence-corrected chi connectivity index (χ1v) is 8.47. The van der Waals surface area contributed by atoms with Crippen molar-refractivity contribution in [3.63, 3.8) is 0 Å². The van der Waals surface area contributed by atoms with E-state index in [2.05, 4.69) is 20.4 Å². The van der Waals surface area contributed by atoms with Crippen molar-refractivity contribution in [2.75, 3.05) is 0 Å². The topological polar surface area (TPSA) is 68.9 Å². The minimum atomic E-state index is -4.52. The highest BCUT2D eigenvalue weighted by Crippen LogP contribution is 2.42. The zero-order valence-corrected chi connectivity index (χ0v) is 15.0. The molecule has 29 heavy (non-hydrogen) atoms. The molecule has 0 aliphatic carbocycles. The van der Waals surface area contributed by atoms with Gasteiger partial charge in [0.25, 0.3) is 6.43 Å². The molecule has 0 radical (unpaired) electrons. The van der Waals surface area contributed by atoms with Gasteiger partial charge in [-0.2, -0.15) is 23.5 Å². The van der Waals surface area contributed by atoms with Gasteiger partial charge >= 0.3 is 6.18 Å². The Kier molecular flexibility index (Phi) is 5.29. The van der Waals surface area contributed by atoms with Crippen LogP contribution < -0.4 is 5.32 Å². The molecule has 2 heterocycles. The quantitative estimate of drug-likeness (QED) is 0.549. The molecule has 2 N–H and O–H groups in total. The molecule has 1 aromatic heterocycles. The maximum absolute atomic E-state index is 13.6. The Morgan fingerprint density at radius 1 is 1.34 bits per heavy atom. The van der Waals surface area contributed by atoms with Gasteiger partial charge in [-0.15, -0.1) is 0 Å². The highest BCUT2D eigenvalue weighted by Gasteiger charge is 2.37. The summed E-state index contributed by atoms with van der Waals surface area (Å²) >= 11 is 0. The number of hydrogen-bond acceptors (Lipinski definition) is 3. The number of alkyl halides is 5. The molecule has 10 heteroatoms. The zero-order valence-electron chi connectivity index (χ0n) is 15.0. The number of H-pyrrole nitrogens is 1. The highest BCUT2D eigenvalue weighted by molar-refractivity contribution is 5.82. The predicted molar refractivity (Wildman–Crippen MR) is 94.3 cm³/mol. The number of aryl methyl sites for hydroxylation is 1. The third-order valence-corrected chi connectivity index (χ3v) is 4.67. The molecule has 3 rings (SSSR count). The monoisotopic (exact) mass is 407 g/mol. The summed E-state index contributed by atoms with van der Waals surface area (Å²) < 4.78 is 65.2. The standard InChI is InChI=1S/C19H14F5N5/c1-9-11-7-10(3-4-13(11)29-28-9)15-12(8-25)16(18(20)21)27-14(17(15)26-2)5-6-19(22,23)24/h3-4,7,15,18,27H,5-6H2,1H3,(H,28,29). The van der Waals surface area contributed by atoms with E-state index in [4.69, 9.17) is 6.57 Å². The van der Waals surface area contributed by atoms with E-state index in [0.717, 1.165) is 0 Å². The molecule has 0 bridgehead atoms. The van der Waals surface area contributed by atoms with Crippen molar-refractivity contribution in [1.29, 1.82) is 5.26 Å². The summed E-state index contributed by atoms with van der Waals surface area (Å²) in [6.07, 6.45) is -9.58. The predicted octanol–water partition coefficient (Wildman–Crippen LogP) is 5.07. The number of halogens is 5. The summed E-state index contributed by atoms with van der Waals surface area (Å²) in [5.74, 6) is -1.19. The summed E-state index contributed by atoms with van der Waals surface area (Å²) in [5, 5.41) is 19.3. The average Bonchev–Trinajstić information content (AvgIpc) is 3.04. The van der Waals surface area contributed by atoms with E-state index in [1.165, 1.54) is 6.07 Å². The van der Waals surface area contributed by atoms with Crippen LogP contribution in [-0.4, -0.2) is 22.8 Å². The Morgan fingerprint density at radius 3 is 2.66 bits per heavy atom. The zero-order chi connectivity index (χ0) is 21.3. The second kappa shape index (κ2) is 7.55. The van der Waals surface area contributed by atoms with E-state index in [9.17, 15) is 27.2 Å². The molecule has 2 aromatic rings. The number of aromatic amines is 1. The average molecular weight is 407 g/mol. The second-order valence-electron chi connectivity index (χ2n) is 6.51. The van der Waals surface area contributed by atoms with E-state index in [-0.39, 0.29) is 17.0 Å². The van der Waals surface area contributed by atoms with Crippen LogP contribution in [0.15, 0.2) is 40.9 Å². The van der Waals surface area contributed by atoms with Crippen molar-refractivity contribution < 1.29 is 22.0 Å². The number of allylic oxidation sites excluding steroid dienone is 3. The molecule has 150 valence electrons. The van der Waals surface area contributed by atoms with Crippen molar-refractivity contribution in [3.8, 4) is 6.07 Å². The van der Waals surface area contributed by atoms with Gasteiger partial charge in [-0.1, -0.05) is 6.07 Å². The van der Waals surface area contributed by atoms with E-state index >= 15 is 0 Å². The molecule has 5 nitrogen and oxygen atoms in total. The highest BCUT2D eigenvalue weighted by atomic mass is 19.4. The lowest BCUT2D eigenvalue weighted by Gasteiger charge is -2.29. The molecule has 1 aromatic carbocycles. The summed E-state index contributed by atoms with van der Waals surface area (Å²) in [5.41, 5.74) is 0.0405. The van der Waals surface area contributed by atoms with Gasteiger partial charge in [-0.25, -0.2) is 13.6 Å². The minimum Gasteiger partial charge on any atom is -0.367 e. The Balaban J connectivity index is 2.19. The van der Waals surface area contributed by atoms with Crippen molar-refractivity contribution in [2.24, 2.45) is 0 Å². The van der Waals surface area contributed by atoms with Crippen molar-refractivity contribution >= 4 is 10.9 Å². The molecule has 1 unspecified atom stereocenters. The number of fused-ring (bicyclic) bond motifs is 1. The number of aromatic nitrogens is 2. The van der Waals surface area contributed by atoms with Gasteiger partial charge in [-0.05, 0) is 31.0 Å². The third kappa shape index (κ3) is 3.92. The van der Waals surface area contributed by atoms with E-state index in [1.807, 2.05) is 0 Å². The Hall–Kier alpha value is -3.40. The molecule has 0 fully saturated rings. The van der Waals surface area contributed by atoms with E-state index < -0.39 is 37.1 Å². The van der Waals surface area contributed by atoms with Gasteiger partial charge in [0.05, 0.1) is 35.3 Å².